The van der Waals surface area contributed by atoms with Crippen molar-refractivity contribution in [2.75, 3.05) is 25.1 Å². The van der Waals surface area contributed by atoms with Crippen LogP contribution in [0.5, 0.6) is 5.75 Å². The molecule has 0 amide bonds. The Morgan fingerprint density at radius 2 is 2.07 bits per heavy atom. The van der Waals surface area contributed by atoms with Crippen LogP contribution in [0, 0.1) is 12.3 Å². The second-order valence-corrected chi connectivity index (χ2v) is 3.72. The van der Waals surface area contributed by atoms with Gasteiger partial charge in [-0.3, -0.25) is 0 Å². The van der Waals surface area contributed by atoms with Crippen molar-refractivity contribution in [3.8, 4) is 18.1 Å². The topological polar surface area (TPSA) is 12.5 Å². The van der Waals surface area contributed by atoms with E-state index in [9.17, 15) is 0 Å². The minimum Gasteiger partial charge on any atom is -0.495 e. The summed E-state index contributed by atoms with van der Waals surface area (Å²) in [5.74, 6) is 3.44. The zero-order chi connectivity index (χ0) is 10.7. The highest BCUT2D eigenvalue weighted by Crippen LogP contribution is 2.26. The predicted octanol–water partition coefficient (Wildman–Crippen LogP) is 2.28. The Morgan fingerprint density at radius 3 is 2.67 bits per heavy atom. The van der Waals surface area contributed by atoms with Gasteiger partial charge in [-0.1, -0.05) is 5.92 Å². The summed E-state index contributed by atoms with van der Waals surface area (Å²) in [5, 5.41) is 0. The van der Waals surface area contributed by atoms with E-state index in [4.69, 9.17) is 11.2 Å². The van der Waals surface area contributed by atoms with Crippen molar-refractivity contribution < 1.29 is 4.74 Å². The first-order valence-corrected chi connectivity index (χ1v) is 5.25. The van der Waals surface area contributed by atoms with Crippen LogP contribution in [0.25, 0.3) is 0 Å². The minimum atomic E-state index is 0.778. The van der Waals surface area contributed by atoms with Crippen molar-refractivity contribution in [3.63, 3.8) is 0 Å². The summed E-state index contributed by atoms with van der Waals surface area (Å²) in [6.07, 6.45) is 8.00. The lowest BCUT2D eigenvalue weighted by molar-refractivity contribution is 0.413. The second-order valence-electron chi connectivity index (χ2n) is 3.72. The molecule has 15 heavy (non-hydrogen) atoms. The number of methoxy groups -OCH3 is 1. The van der Waals surface area contributed by atoms with Gasteiger partial charge in [0.25, 0.3) is 0 Å². The lowest BCUT2D eigenvalue weighted by atomic mass is 10.1. The lowest BCUT2D eigenvalue weighted by Gasteiger charge is -2.18. The molecule has 1 heterocycles. The van der Waals surface area contributed by atoms with Crippen molar-refractivity contribution in [2.45, 2.75) is 12.8 Å². The predicted molar refractivity (Wildman–Crippen MR) is 62.4 cm³/mol. The van der Waals surface area contributed by atoms with Gasteiger partial charge in [-0.15, -0.1) is 6.42 Å². The molecule has 0 N–H and O–H groups in total. The van der Waals surface area contributed by atoms with Gasteiger partial charge in [0.15, 0.2) is 0 Å². The molecule has 1 aromatic carbocycles. The molecule has 2 rings (SSSR count). The quantitative estimate of drug-likeness (QED) is 0.681. The summed E-state index contributed by atoms with van der Waals surface area (Å²) in [6, 6.07) is 6.05. The van der Waals surface area contributed by atoms with Gasteiger partial charge in [0, 0.05) is 18.8 Å². The molecule has 78 valence electrons. The third kappa shape index (κ3) is 1.92. The van der Waals surface area contributed by atoms with E-state index in [-0.39, 0.29) is 0 Å². The number of nitrogens with zero attached hydrogens (tertiary/aromatic N) is 1. The molecule has 1 aromatic rings. The number of hydrogen-bond acceptors (Lipinski definition) is 2. The Hall–Kier alpha value is -1.62. The van der Waals surface area contributed by atoms with Crippen LogP contribution in [-0.2, 0) is 0 Å². The van der Waals surface area contributed by atoms with E-state index in [2.05, 4.69) is 16.9 Å². The number of benzene rings is 1. The highest BCUT2D eigenvalue weighted by molar-refractivity contribution is 5.58. The molecule has 0 unspecified atom stereocenters. The van der Waals surface area contributed by atoms with E-state index in [1.807, 2.05) is 12.1 Å². The van der Waals surface area contributed by atoms with Crippen molar-refractivity contribution in [1.29, 1.82) is 0 Å². The molecule has 1 fully saturated rings. The molecule has 2 nitrogen and oxygen atoms in total. The van der Waals surface area contributed by atoms with E-state index < -0.39 is 0 Å². The van der Waals surface area contributed by atoms with Crippen LogP contribution < -0.4 is 9.64 Å². The molecule has 1 aliphatic rings. The second kappa shape index (κ2) is 4.27. The van der Waals surface area contributed by atoms with Crippen molar-refractivity contribution in [1.82, 2.24) is 0 Å². The van der Waals surface area contributed by atoms with Gasteiger partial charge in [-0.05, 0) is 31.0 Å². The van der Waals surface area contributed by atoms with Crippen LogP contribution in [0.15, 0.2) is 18.2 Å². The Morgan fingerprint density at radius 1 is 1.33 bits per heavy atom. The van der Waals surface area contributed by atoms with Gasteiger partial charge in [-0.2, -0.15) is 0 Å². The first-order valence-electron chi connectivity index (χ1n) is 5.25. The van der Waals surface area contributed by atoms with Gasteiger partial charge < -0.3 is 9.64 Å². The Kier molecular flexibility index (Phi) is 2.82. The molecular weight excluding hydrogens is 186 g/mol. The van der Waals surface area contributed by atoms with Gasteiger partial charge in [0.05, 0.1) is 12.7 Å². The maximum Gasteiger partial charge on any atom is 0.134 e. The summed E-state index contributed by atoms with van der Waals surface area (Å²) in [5.41, 5.74) is 2.04. The van der Waals surface area contributed by atoms with Crippen LogP contribution in [-0.4, -0.2) is 20.2 Å². The average Bonchev–Trinajstić information content (AvgIpc) is 2.81. The molecule has 0 spiro atoms. The van der Waals surface area contributed by atoms with Crippen LogP contribution in [0.3, 0.4) is 0 Å². The molecule has 2 heteroatoms. The average molecular weight is 201 g/mol. The fraction of sp³-hybridized carbons (Fsp3) is 0.385. The maximum absolute atomic E-state index is 5.45. The minimum absolute atomic E-state index is 0.778. The molecule has 0 atom stereocenters. The smallest absolute Gasteiger partial charge is 0.134 e. The van der Waals surface area contributed by atoms with Crippen LogP contribution in [0.2, 0.25) is 0 Å². The summed E-state index contributed by atoms with van der Waals surface area (Å²) >= 11 is 0. The first-order chi connectivity index (χ1) is 7.35. The molecule has 0 aromatic heterocycles. The van der Waals surface area contributed by atoms with E-state index in [1.54, 1.807) is 7.11 Å². The fourth-order valence-electron chi connectivity index (χ4n) is 1.98. The summed E-state index contributed by atoms with van der Waals surface area (Å²) in [4.78, 5) is 2.36. The normalized spacial score (nSPS) is 15.1. The van der Waals surface area contributed by atoms with Gasteiger partial charge in [0.1, 0.15) is 5.75 Å². The van der Waals surface area contributed by atoms with Crippen molar-refractivity contribution >= 4 is 5.69 Å². The molecule has 0 saturated carbocycles. The third-order valence-corrected chi connectivity index (χ3v) is 2.81. The number of rotatable bonds is 2. The highest BCUT2D eigenvalue weighted by atomic mass is 16.5. The van der Waals surface area contributed by atoms with E-state index >= 15 is 0 Å². The number of hydrogen-bond donors (Lipinski definition) is 0. The molecule has 0 aliphatic carbocycles. The molecule has 0 bridgehead atoms. The summed E-state index contributed by atoms with van der Waals surface area (Å²) in [6.45, 7) is 2.27. The van der Waals surface area contributed by atoms with Gasteiger partial charge >= 0.3 is 0 Å². The summed E-state index contributed by atoms with van der Waals surface area (Å²) in [7, 11) is 1.64. The zero-order valence-electron chi connectivity index (χ0n) is 8.99. The monoisotopic (exact) mass is 201 g/mol. The van der Waals surface area contributed by atoms with Crippen LogP contribution in [0.1, 0.15) is 18.4 Å². The van der Waals surface area contributed by atoms with Crippen molar-refractivity contribution in [3.05, 3.63) is 23.8 Å². The highest BCUT2D eigenvalue weighted by Gasteiger charge is 2.13. The van der Waals surface area contributed by atoms with Crippen molar-refractivity contribution in [2.24, 2.45) is 0 Å². The number of anilines is 1. The summed E-state index contributed by atoms with van der Waals surface area (Å²) < 4.78 is 5.19. The molecular formula is C13H15NO. The van der Waals surface area contributed by atoms with E-state index in [1.165, 1.54) is 18.5 Å². The van der Waals surface area contributed by atoms with E-state index in [0.717, 1.165) is 24.4 Å². The molecule has 0 radical (unpaired) electrons. The molecule has 1 saturated heterocycles. The van der Waals surface area contributed by atoms with Crippen LogP contribution >= 0.6 is 0 Å². The lowest BCUT2D eigenvalue weighted by Crippen LogP contribution is -2.17. The van der Waals surface area contributed by atoms with E-state index in [0.29, 0.717) is 0 Å². The largest absolute Gasteiger partial charge is 0.495 e. The standard InChI is InChI=1S/C13H15NO/c1-3-11-10-12(6-7-13(11)15-2)14-8-4-5-9-14/h1,6-7,10H,4-5,8-9H2,2H3. The van der Waals surface area contributed by atoms with Crippen LogP contribution in [0.4, 0.5) is 5.69 Å². The Balaban J connectivity index is 2.30. The SMILES string of the molecule is C#Cc1cc(N2CCCC2)ccc1OC. The Bertz CT molecular complexity index is 386. The maximum atomic E-state index is 5.45. The fourth-order valence-corrected chi connectivity index (χ4v) is 1.98. The zero-order valence-corrected chi connectivity index (χ0v) is 8.99. The van der Waals surface area contributed by atoms with Gasteiger partial charge in [0.2, 0.25) is 0 Å². The Labute approximate surface area is 90.9 Å². The number of ether oxygens (including phenoxy) is 1. The number of terminal acetylenes is 1. The first kappa shape index (κ1) is 9.92. The van der Waals surface area contributed by atoms with Gasteiger partial charge in [-0.25, -0.2) is 0 Å². The molecule has 1 aliphatic heterocycles. The third-order valence-electron chi connectivity index (χ3n) is 2.81.